The Labute approximate surface area is 102 Å². The molecule has 16 heavy (non-hydrogen) atoms. The summed E-state index contributed by atoms with van der Waals surface area (Å²) in [5.41, 5.74) is 1.37. The Morgan fingerprint density at radius 3 is 2.69 bits per heavy atom. The summed E-state index contributed by atoms with van der Waals surface area (Å²) in [6.45, 7) is 0. The molecule has 0 aliphatic heterocycles. The Balaban J connectivity index is 2.53. The quantitative estimate of drug-likeness (QED) is 0.799. The summed E-state index contributed by atoms with van der Waals surface area (Å²) < 4.78 is 19.6. The molecular formula is C13H10BrFO. The van der Waals surface area contributed by atoms with Gasteiger partial charge in [0.25, 0.3) is 0 Å². The standard InChI is InChI=1S/C13H10BrFO/c1-16-11-4-2-3-9(7-11)12-8-10(14)5-6-13(12)15/h2-8H,1H3. The molecule has 1 nitrogen and oxygen atoms in total. The summed E-state index contributed by atoms with van der Waals surface area (Å²) in [7, 11) is 1.59. The number of hydrogen-bond donors (Lipinski definition) is 0. The Morgan fingerprint density at radius 1 is 1.12 bits per heavy atom. The van der Waals surface area contributed by atoms with Gasteiger partial charge in [-0.25, -0.2) is 4.39 Å². The SMILES string of the molecule is COc1cccc(-c2cc(Br)ccc2F)c1. The van der Waals surface area contributed by atoms with Crippen LogP contribution in [-0.4, -0.2) is 7.11 Å². The van der Waals surface area contributed by atoms with Crippen LogP contribution in [0.25, 0.3) is 11.1 Å². The van der Waals surface area contributed by atoms with Crippen LogP contribution in [0.15, 0.2) is 46.9 Å². The second-order valence-corrected chi connectivity index (χ2v) is 4.27. The van der Waals surface area contributed by atoms with Gasteiger partial charge in [0.1, 0.15) is 11.6 Å². The van der Waals surface area contributed by atoms with Gasteiger partial charge in [-0.05, 0) is 35.9 Å². The minimum atomic E-state index is -0.239. The zero-order valence-electron chi connectivity index (χ0n) is 8.71. The zero-order valence-corrected chi connectivity index (χ0v) is 10.3. The Bertz CT molecular complexity index is 511. The summed E-state index contributed by atoms with van der Waals surface area (Å²) in [6.07, 6.45) is 0. The van der Waals surface area contributed by atoms with Crippen molar-refractivity contribution < 1.29 is 9.13 Å². The van der Waals surface area contributed by atoms with Crippen molar-refractivity contribution >= 4 is 15.9 Å². The fourth-order valence-corrected chi connectivity index (χ4v) is 1.87. The van der Waals surface area contributed by atoms with Crippen molar-refractivity contribution in [2.75, 3.05) is 7.11 Å². The molecule has 2 rings (SSSR count). The van der Waals surface area contributed by atoms with Crippen molar-refractivity contribution in [2.45, 2.75) is 0 Å². The van der Waals surface area contributed by atoms with Crippen molar-refractivity contribution in [1.82, 2.24) is 0 Å². The second kappa shape index (κ2) is 4.66. The monoisotopic (exact) mass is 280 g/mol. The van der Waals surface area contributed by atoms with Crippen LogP contribution in [0.4, 0.5) is 4.39 Å². The van der Waals surface area contributed by atoms with Gasteiger partial charge in [0.05, 0.1) is 7.11 Å². The highest BCUT2D eigenvalue weighted by atomic mass is 79.9. The summed E-state index contributed by atoms with van der Waals surface area (Å²) >= 11 is 3.33. The van der Waals surface area contributed by atoms with Crippen LogP contribution < -0.4 is 4.74 Å². The van der Waals surface area contributed by atoms with E-state index in [2.05, 4.69) is 15.9 Å². The molecule has 2 aromatic rings. The molecule has 0 spiro atoms. The molecule has 0 heterocycles. The molecule has 3 heteroatoms. The summed E-state index contributed by atoms with van der Waals surface area (Å²) in [5.74, 6) is 0.480. The van der Waals surface area contributed by atoms with Crippen molar-refractivity contribution in [3.05, 3.63) is 52.8 Å². The molecule has 0 N–H and O–H groups in total. The first-order valence-corrected chi connectivity index (χ1v) is 5.59. The van der Waals surface area contributed by atoms with Crippen molar-refractivity contribution in [3.8, 4) is 16.9 Å². The van der Waals surface area contributed by atoms with Crippen LogP contribution in [0.5, 0.6) is 5.75 Å². The van der Waals surface area contributed by atoms with Crippen LogP contribution in [0.3, 0.4) is 0 Å². The molecule has 0 amide bonds. The molecular weight excluding hydrogens is 271 g/mol. The van der Waals surface area contributed by atoms with E-state index in [4.69, 9.17) is 4.74 Å². The van der Waals surface area contributed by atoms with Crippen LogP contribution in [-0.2, 0) is 0 Å². The van der Waals surface area contributed by atoms with Gasteiger partial charge < -0.3 is 4.74 Å². The normalized spacial score (nSPS) is 10.2. The maximum atomic E-state index is 13.6. The number of rotatable bonds is 2. The first kappa shape index (κ1) is 11.1. The molecule has 0 unspecified atom stereocenters. The largest absolute Gasteiger partial charge is 0.497 e. The first-order valence-electron chi connectivity index (χ1n) is 4.80. The Kier molecular flexibility index (Phi) is 3.25. The van der Waals surface area contributed by atoms with E-state index in [0.717, 1.165) is 15.8 Å². The second-order valence-electron chi connectivity index (χ2n) is 3.36. The highest BCUT2D eigenvalue weighted by molar-refractivity contribution is 9.10. The molecule has 0 fully saturated rings. The van der Waals surface area contributed by atoms with Crippen LogP contribution >= 0.6 is 15.9 Å². The third-order valence-electron chi connectivity index (χ3n) is 2.31. The lowest BCUT2D eigenvalue weighted by atomic mass is 10.1. The topological polar surface area (TPSA) is 9.23 Å². The number of benzene rings is 2. The summed E-state index contributed by atoms with van der Waals surface area (Å²) in [5, 5.41) is 0. The Morgan fingerprint density at radius 2 is 1.94 bits per heavy atom. The fourth-order valence-electron chi connectivity index (χ4n) is 1.51. The summed E-state index contributed by atoms with van der Waals surface area (Å²) in [6, 6.07) is 12.2. The minimum Gasteiger partial charge on any atom is -0.497 e. The zero-order chi connectivity index (χ0) is 11.5. The predicted octanol–water partition coefficient (Wildman–Crippen LogP) is 4.26. The molecule has 2 aromatic carbocycles. The van der Waals surface area contributed by atoms with Gasteiger partial charge >= 0.3 is 0 Å². The first-order chi connectivity index (χ1) is 7.70. The molecule has 0 aliphatic carbocycles. The molecule has 0 aliphatic rings. The van der Waals surface area contributed by atoms with Crippen molar-refractivity contribution in [3.63, 3.8) is 0 Å². The summed E-state index contributed by atoms with van der Waals surface area (Å²) in [4.78, 5) is 0. The van der Waals surface area contributed by atoms with Gasteiger partial charge in [0, 0.05) is 10.0 Å². The van der Waals surface area contributed by atoms with Crippen molar-refractivity contribution in [1.29, 1.82) is 0 Å². The van der Waals surface area contributed by atoms with E-state index >= 15 is 0 Å². The van der Waals surface area contributed by atoms with Gasteiger partial charge in [-0.1, -0.05) is 28.1 Å². The van der Waals surface area contributed by atoms with E-state index in [1.165, 1.54) is 6.07 Å². The predicted molar refractivity (Wildman–Crippen MR) is 66.1 cm³/mol. The molecule has 0 aromatic heterocycles. The highest BCUT2D eigenvalue weighted by Crippen LogP contribution is 2.28. The third-order valence-corrected chi connectivity index (χ3v) is 2.80. The number of methoxy groups -OCH3 is 1. The minimum absolute atomic E-state index is 0.239. The lowest BCUT2D eigenvalue weighted by molar-refractivity contribution is 0.415. The van der Waals surface area contributed by atoms with Crippen LogP contribution in [0, 0.1) is 5.82 Å². The Hall–Kier alpha value is -1.35. The molecule has 0 saturated heterocycles. The van der Waals surface area contributed by atoms with Gasteiger partial charge in [-0.2, -0.15) is 0 Å². The number of ether oxygens (including phenoxy) is 1. The van der Waals surface area contributed by atoms with Gasteiger partial charge in [-0.15, -0.1) is 0 Å². The maximum Gasteiger partial charge on any atom is 0.131 e. The average Bonchev–Trinajstić information content (AvgIpc) is 2.32. The fraction of sp³-hybridized carbons (Fsp3) is 0.0769. The van der Waals surface area contributed by atoms with Gasteiger partial charge in [0.2, 0.25) is 0 Å². The van der Waals surface area contributed by atoms with Crippen LogP contribution in [0.1, 0.15) is 0 Å². The third kappa shape index (κ3) is 2.25. The number of hydrogen-bond acceptors (Lipinski definition) is 1. The van der Waals surface area contributed by atoms with E-state index in [-0.39, 0.29) is 5.82 Å². The van der Waals surface area contributed by atoms with Crippen LogP contribution in [0.2, 0.25) is 0 Å². The molecule has 82 valence electrons. The van der Waals surface area contributed by atoms with Gasteiger partial charge in [-0.3, -0.25) is 0 Å². The molecule has 0 saturated carbocycles. The highest BCUT2D eigenvalue weighted by Gasteiger charge is 2.06. The van der Waals surface area contributed by atoms with E-state index < -0.39 is 0 Å². The van der Waals surface area contributed by atoms with Crippen molar-refractivity contribution in [2.24, 2.45) is 0 Å². The molecule has 0 bridgehead atoms. The van der Waals surface area contributed by atoms with E-state index in [9.17, 15) is 4.39 Å². The molecule has 0 radical (unpaired) electrons. The lowest BCUT2D eigenvalue weighted by Gasteiger charge is -2.06. The van der Waals surface area contributed by atoms with Gasteiger partial charge in [0.15, 0.2) is 0 Å². The smallest absolute Gasteiger partial charge is 0.131 e. The van der Waals surface area contributed by atoms with E-state index in [0.29, 0.717) is 5.56 Å². The van der Waals surface area contributed by atoms with E-state index in [1.807, 2.05) is 24.3 Å². The lowest BCUT2D eigenvalue weighted by Crippen LogP contribution is -1.86. The maximum absolute atomic E-state index is 13.6. The molecule has 0 atom stereocenters. The average molecular weight is 281 g/mol. The van der Waals surface area contributed by atoms with E-state index in [1.54, 1.807) is 19.2 Å². The number of halogens is 2.